The minimum Gasteiger partial charge on any atom is -0.289 e. The predicted octanol–water partition coefficient (Wildman–Crippen LogP) is 3.05. The fraction of sp³-hybridized carbons (Fsp3) is 0.154. The first-order chi connectivity index (χ1) is 8.18. The number of carbonyl (C=O) groups is 1. The van der Waals surface area contributed by atoms with Crippen molar-refractivity contribution >= 4 is 11.5 Å². The molecule has 2 rings (SSSR count). The standard InChI is InChI=1S/C13H11NO3/c15-13(10-4-2-1-3-5-10)11-6-8-12(9-7-11)14(16)17/h2,4-9H,1,3H2. The summed E-state index contributed by atoms with van der Waals surface area (Å²) in [5.74, 6) is -0.0872. The lowest BCUT2D eigenvalue weighted by molar-refractivity contribution is -0.384. The van der Waals surface area contributed by atoms with Crippen molar-refractivity contribution in [2.24, 2.45) is 0 Å². The number of non-ortho nitro benzene ring substituents is 1. The molecular formula is C13H11NO3. The maximum atomic E-state index is 12.0. The Labute approximate surface area is 98.4 Å². The number of carbonyl (C=O) groups excluding carboxylic acids is 1. The van der Waals surface area contributed by atoms with Crippen molar-refractivity contribution in [3.05, 3.63) is 63.7 Å². The molecule has 0 N–H and O–H groups in total. The van der Waals surface area contributed by atoms with Gasteiger partial charge in [-0.15, -0.1) is 0 Å². The highest BCUT2D eigenvalue weighted by molar-refractivity contribution is 6.10. The number of ketones is 1. The van der Waals surface area contributed by atoms with E-state index in [1.165, 1.54) is 24.3 Å². The van der Waals surface area contributed by atoms with Crippen LogP contribution in [-0.4, -0.2) is 10.7 Å². The number of Topliss-reactive ketones (excluding diaryl/α,β-unsaturated/α-hetero) is 1. The van der Waals surface area contributed by atoms with Gasteiger partial charge in [-0.05, 0) is 25.0 Å². The van der Waals surface area contributed by atoms with Gasteiger partial charge in [-0.1, -0.05) is 18.2 Å². The molecule has 0 aliphatic heterocycles. The quantitative estimate of drug-likeness (QED) is 0.454. The summed E-state index contributed by atoms with van der Waals surface area (Å²) in [7, 11) is 0. The molecule has 1 aliphatic carbocycles. The lowest BCUT2D eigenvalue weighted by Crippen LogP contribution is -2.03. The molecule has 0 saturated heterocycles. The Morgan fingerprint density at radius 2 is 1.88 bits per heavy atom. The normalized spacial score (nSPS) is 14.2. The van der Waals surface area contributed by atoms with E-state index in [0.29, 0.717) is 11.1 Å². The van der Waals surface area contributed by atoms with Gasteiger partial charge < -0.3 is 0 Å². The zero-order valence-electron chi connectivity index (χ0n) is 9.13. The monoisotopic (exact) mass is 229 g/mol. The van der Waals surface area contributed by atoms with Crippen LogP contribution in [0.15, 0.2) is 48.1 Å². The van der Waals surface area contributed by atoms with E-state index in [-0.39, 0.29) is 11.5 Å². The molecule has 0 saturated carbocycles. The third-order valence-electron chi connectivity index (χ3n) is 2.60. The Morgan fingerprint density at radius 1 is 1.18 bits per heavy atom. The molecule has 1 aromatic rings. The zero-order valence-corrected chi connectivity index (χ0v) is 9.13. The van der Waals surface area contributed by atoms with Crippen LogP contribution < -0.4 is 0 Å². The van der Waals surface area contributed by atoms with Gasteiger partial charge in [0.1, 0.15) is 0 Å². The summed E-state index contributed by atoms with van der Waals surface area (Å²) in [6, 6.07) is 5.67. The summed E-state index contributed by atoms with van der Waals surface area (Å²) in [6.07, 6.45) is 7.47. The first kappa shape index (κ1) is 11.3. The van der Waals surface area contributed by atoms with Crippen LogP contribution in [0.5, 0.6) is 0 Å². The van der Waals surface area contributed by atoms with Crippen LogP contribution >= 0.6 is 0 Å². The number of nitro benzene ring substituents is 1. The third kappa shape index (κ3) is 2.47. The van der Waals surface area contributed by atoms with Crippen molar-refractivity contribution in [2.45, 2.75) is 12.8 Å². The second kappa shape index (κ2) is 4.74. The lowest BCUT2D eigenvalue weighted by Gasteiger charge is -2.05. The molecule has 0 heterocycles. The predicted molar refractivity (Wildman–Crippen MR) is 63.9 cm³/mol. The van der Waals surface area contributed by atoms with Crippen LogP contribution in [0.25, 0.3) is 0 Å². The molecule has 17 heavy (non-hydrogen) atoms. The van der Waals surface area contributed by atoms with Gasteiger partial charge in [0, 0.05) is 23.3 Å². The van der Waals surface area contributed by atoms with Gasteiger partial charge in [-0.3, -0.25) is 14.9 Å². The minimum atomic E-state index is -0.478. The number of hydrogen-bond donors (Lipinski definition) is 0. The second-order valence-corrected chi connectivity index (χ2v) is 3.77. The molecule has 0 unspecified atom stereocenters. The molecule has 0 fully saturated rings. The van der Waals surface area contributed by atoms with Crippen LogP contribution in [0.3, 0.4) is 0 Å². The van der Waals surface area contributed by atoms with E-state index < -0.39 is 4.92 Å². The van der Waals surface area contributed by atoms with Gasteiger partial charge in [-0.25, -0.2) is 0 Å². The molecule has 86 valence electrons. The SMILES string of the molecule is O=C(C1=CCCC=C1)c1ccc([N+](=O)[O-])cc1. The van der Waals surface area contributed by atoms with Crippen molar-refractivity contribution in [2.75, 3.05) is 0 Å². The number of nitro groups is 1. The minimum absolute atomic E-state index is 0.00489. The van der Waals surface area contributed by atoms with Gasteiger partial charge in [0.05, 0.1) is 4.92 Å². The van der Waals surface area contributed by atoms with Crippen LogP contribution in [-0.2, 0) is 0 Å². The molecule has 1 aliphatic rings. The van der Waals surface area contributed by atoms with E-state index in [9.17, 15) is 14.9 Å². The number of allylic oxidation sites excluding steroid dienone is 4. The average Bonchev–Trinajstić information content (AvgIpc) is 2.39. The van der Waals surface area contributed by atoms with Gasteiger partial charge in [-0.2, -0.15) is 0 Å². The molecule has 1 aromatic carbocycles. The molecular weight excluding hydrogens is 218 g/mol. The number of nitrogens with zero attached hydrogens (tertiary/aromatic N) is 1. The molecule has 0 amide bonds. The van der Waals surface area contributed by atoms with E-state index in [0.717, 1.165) is 12.8 Å². The number of benzene rings is 1. The van der Waals surface area contributed by atoms with Crippen LogP contribution in [0.2, 0.25) is 0 Å². The fourth-order valence-electron chi connectivity index (χ4n) is 1.68. The van der Waals surface area contributed by atoms with Gasteiger partial charge in [0.2, 0.25) is 0 Å². The second-order valence-electron chi connectivity index (χ2n) is 3.77. The maximum Gasteiger partial charge on any atom is 0.269 e. The largest absolute Gasteiger partial charge is 0.289 e. The van der Waals surface area contributed by atoms with Crippen molar-refractivity contribution in [3.63, 3.8) is 0 Å². The Hall–Kier alpha value is -2.23. The smallest absolute Gasteiger partial charge is 0.269 e. The van der Waals surface area contributed by atoms with E-state index in [2.05, 4.69) is 0 Å². The van der Waals surface area contributed by atoms with Crippen LogP contribution in [0.4, 0.5) is 5.69 Å². The molecule has 0 radical (unpaired) electrons. The van der Waals surface area contributed by atoms with E-state index in [1.54, 1.807) is 6.08 Å². The topological polar surface area (TPSA) is 60.2 Å². The maximum absolute atomic E-state index is 12.0. The first-order valence-corrected chi connectivity index (χ1v) is 5.34. The molecule has 0 spiro atoms. The highest BCUT2D eigenvalue weighted by Crippen LogP contribution is 2.18. The number of rotatable bonds is 3. The summed E-state index contributed by atoms with van der Waals surface area (Å²) < 4.78 is 0. The van der Waals surface area contributed by atoms with Crippen molar-refractivity contribution < 1.29 is 9.72 Å². The highest BCUT2D eigenvalue weighted by Gasteiger charge is 2.12. The summed E-state index contributed by atoms with van der Waals surface area (Å²) in [5.41, 5.74) is 1.13. The average molecular weight is 229 g/mol. The molecule has 4 heteroatoms. The van der Waals surface area contributed by atoms with Crippen LogP contribution in [0.1, 0.15) is 23.2 Å². The molecule has 0 bridgehead atoms. The van der Waals surface area contributed by atoms with Crippen molar-refractivity contribution in [1.82, 2.24) is 0 Å². The van der Waals surface area contributed by atoms with Gasteiger partial charge >= 0.3 is 0 Å². The lowest BCUT2D eigenvalue weighted by atomic mass is 9.98. The van der Waals surface area contributed by atoms with E-state index in [1.807, 2.05) is 12.2 Å². The van der Waals surface area contributed by atoms with Crippen LogP contribution in [0, 0.1) is 10.1 Å². The Bertz CT molecular complexity index is 512. The van der Waals surface area contributed by atoms with Gasteiger partial charge in [0.15, 0.2) is 5.78 Å². The summed E-state index contributed by atoms with van der Waals surface area (Å²) in [4.78, 5) is 22.0. The fourth-order valence-corrected chi connectivity index (χ4v) is 1.68. The molecule has 0 atom stereocenters. The Balaban J connectivity index is 2.23. The first-order valence-electron chi connectivity index (χ1n) is 5.34. The van der Waals surface area contributed by atoms with E-state index >= 15 is 0 Å². The van der Waals surface area contributed by atoms with Gasteiger partial charge in [0.25, 0.3) is 5.69 Å². The number of hydrogen-bond acceptors (Lipinski definition) is 3. The Kier molecular flexibility index (Phi) is 3.14. The molecule has 0 aromatic heterocycles. The van der Waals surface area contributed by atoms with E-state index in [4.69, 9.17) is 0 Å². The highest BCUT2D eigenvalue weighted by atomic mass is 16.6. The van der Waals surface area contributed by atoms with Crippen molar-refractivity contribution in [3.8, 4) is 0 Å². The Morgan fingerprint density at radius 3 is 2.41 bits per heavy atom. The summed E-state index contributed by atoms with van der Waals surface area (Å²) in [6.45, 7) is 0. The zero-order chi connectivity index (χ0) is 12.3. The summed E-state index contributed by atoms with van der Waals surface area (Å²) in [5, 5.41) is 10.5. The summed E-state index contributed by atoms with van der Waals surface area (Å²) >= 11 is 0. The third-order valence-corrected chi connectivity index (χ3v) is 2.60. The molecule has 4 nitrogen and oxygen atoms in total. The van der Waals surface area contributed by atoms with Crippen molar-refractivity contribution in [1.29, 1.82) is 0 Å².